The molecule has 2 aliphatic carbocycles. The summed E-state index contributed by atoms with van der Waals surface area (Å²) in [6.07, 6.45) is 6.06. The SMILES string of the molecule is C[C@H]1C(=O)C(C#N)=C[C@@]2(C)c3nc(-c4ccc(CCS(C)(=O)=O)nc4)nc(-c4ccccc4F)c3CC[C@H]12. The van der Waals surface area contributed by atoms with Gasteiger partial charge in [-0.15, -0.1) is 0 Å². The monoisotopic (exact) mass is 530 g/mol. The lowest BCUT2D eigenvalue weighted by Gasteiger charge is -2.45. The molecule has 0 aliphatic heterocycles. The number of carbonyl (C=O) groups excluding carboxylic acids is 1. The number of allylic oxidation sites excluding steroid dienone is 2. The lowest BCUT2D eigenvalue weighted by atomic mass is 9.57. The van der Waals surface area contributed by atoms with Crippen LogP contribution in [0.2, 0.25) is 0 Å². The molecule has 2 aromatic heterocycles. The van der Waals surface area contributed by atoms with Gasteiger partial charge in [-0.25, -0.2) is 22.8 Å². The summed E-state index contributed by atoms with van der Waals surface area (Å²) in [4.78, 5) is 27.0. The number of halogens is 1. The highest BCUT2D eigenvalue weighted by molar-refractivity contribution is 7.90. The summed E-state index contributed by atoms with van der Waals surface area (Å²) in [7, 11) is -3.12. The van der Waals surface area contributed by atoms with Crippen LogP contribution in [0.25, 0.3) is 22.6 Å². The van der Waals surface area contributed by atoms with Crippen LogP contribution in [0.4, 0.5) is 4.39 Å². The molecule has 2 heterocycles. The van der Waals surface area contributed by atoms with Gasteiger partial charge in [0.15, 0.2) is 11.6 Å². The fraction of sp³-hybridized carbons (Fsp3) is 0.345. The fourth-order valence-corrected chi connectivity index (χ4v) is 6.35. The molecule has 38 heavy (non-hydrogen) atoms. The zero-order valence-electron chi connectivity index (χ0n) is 21.4. The van der Waals surface area contributed by atoms with E-state index in [9.17, 15) is 18.5 Å². The Balaban J connectivity index is 1.70. The number of hydrogen-bond donors (Lipinski definition) is 0. The van der Waals surface area contributed by atoms with Gasteiger partial charge in [-0.2, -0.15) is 5.26 Å². The Morgan fingerprint density at radius 2 is 1.95 bits per heavy atom. The Hall–Kier alpha value is -3.77. The molecule has 0 saturated carbocycles. The standard InChI is InChI=1S/C29H27FN4O3S/c1-17-23-11-10-22-25(21-6-4-5-7-24(21)30)33-28(18-8-9-20(32-16-18)12-13-38(3,36)37)34-27(22)29(23,2)14-19(15-31)26(17)35/h4-9,14,16-17,23H,10-13H2,1-3H3/t17-,23-,29-/m1/s1. The molecule has 0 saturated heterocycles. The smallest absolute Gasteiger partial charge is 0.176 e. The summed E-state index contributed by atoms with van der Waals surface area (Å²) in [5, 5.41) is 9.69. The summed E-state index contributed by atoms with van der Waals surface area (Å²) in [5.74, 6) is -0.623. The summed E-state index contributed by atoms with van der Waals surface area (Å²) in [6.45, 7) is 3.85. The Bertz CT molecular complexity index is 1630. The minimum absolute atomic E-state index is 0.00364. The summed E-state index contributed by atoms with van der Waals surface area (Å²) in [6, 6.07) is 12.0. The van der Waals surface area contributed by atoms with E-state index in [1.165, 1.54) is 12.3 Å². The first-order valence-corrected chi connectivity index (χ1v) is 14.5. The molecule has 0 N–H and O–H groups in total. The van der Waals surface area contributed by atoms with E-state index >= 15 is 4.39 Å². The van der Waals surface area contributed by atoms with Crippen molar-refractivity contribution >= 4 is 15.6 Å². The fourth-order valence-electron chi connectivity index (χ4n) is 5.77. The van der Waals surface area contributed by atoms with E-state index in [1.807, 2.05) is 13.8 Å². The van der Waals surface area contributed by atoms with Crippen LogP contribution < -0.4 is 0 Å². The number of pyridine rings is 1. The lowest BCUT2D eigenvalue weighted by molar-refractivity contribution is -0.121. The van der Waals surface area contributed by atoms with Gasteiger partial charge < -0.3 is 0 Å². The van der Waals surface area contributed by atoms with Crippen molar-refractivity contribution in [2.45, 2.75) is 38.5 Å². The molecule has 7 nitrogen and oxygen atoms in total. The average molecular weight is 531 g/mol. The second-order valence-corrected chi connectivity index (χ2v) is 12.6. The number of sulfone groups is 1. The molecule has 0 radical (unpaired) electrons. The van der Waals surface area contributed by atoms with Crippen LogP contribution in [0.3, 0.4) is 0 Å². The van der Waals surface area contributed by atoms with Crippen molar-refractivity contribution in [1.82, 2.24) is 15.0 Å². The Morgan fingerprint density at radius 3 is 2.61 bits per heavy atom. The first kappa shape index (κ1) is 25.9. The van der Waals surface area contributed by atoms with Gasteiger partial charge in [0.25, 0.3) is 0 Å². The quantitative estimate of drug-likeness (QED) is 0.480. The first-order chi connectivity index (χ1) is 18.0. The molecule has 3 atom stereocenters. The van der Waals surface area contributed by atoms with Crippen LogP contribution >= 0.6 is 0 Å². The summed E-state index contributed by atoms with van der Waals surface area (Å²) >= 11 is 0. The molecule has 9 heteroatoms. The van der Waals surface area contributed by atoms with Gasteiger partial charge in [-0.05, 0) is 43.0 Å². The van der Waals surface area contributed by atoms with Gasteiger partial charge in [-0.1, -0.05) is 32.1 Å². The molecule has 5 rings (SSSR count). The predicted molar refractivity (Wildman–Crippen MR) is 141 cm³/mol. The van der Waals surface area contributed by atoms with Gasteiger partial charge in [-0.3, -0.25) is 9.78 Å². The zero-order chi connectivity index (χ0) is 27.2. The molecule has 0 unspecified atom stereocenters. The number of hydrogen-bond acceptors (Lipinski definition) is 7. The van der Waals surface area contributed by atoms with Crippen molar-refractivity contribution < 1.29 is 17.6 Å². The Morgan fingerprint density at radius 1 is 1.18 bits per heavy atom. The number of Topliss-reactive ketones (excluding diaryl/α,β-unsaturated/α-hetero) is 1. The van der Waals surface area contributed by atoms with Crippen molar-refractivity contribution in [3.05, 3.63) is 77.0 Å². The third-order valence-corrected chi connectivity index (χ3v) is 8.73. The minimum Gasteiger partial charge on any atom is -0.293 e. The van der Waals surface area contributed by atoms with E-state index in [0.717, 1.165) is 5.56 Å². The van der Waals surface area contributed by atoms with Crippen LogP contribution in [0.1, 0.15) is 37.2 Å². The second kappa shape index (κ2) is 9.52. The number of ketones is 1. The largest absolute Gasteiger partial charge is 0.293 e. The summed E-state index contributed by atoms with van der Waals surface area (Å²) in [5.41, 5.74) is 2.97. The lowest BCUT2D eigenvalue weighted by Crippen LogP contribution is -2.46. The third kappa shape index (κ3) is 4.54. The molecular formula is C29H27FN4O3S. The van der Waals surface area contributed by atoms with Gasteiger partial charge in [0.2, 0.25) is 0 Å². The number of nitriles is 1. The van der Waals surface area contributed by atoms with Gasteiger partial charge in [0.1, 0.15) is 21.7 Å². The highest BCUT2D eigenvalue weighted by Crippen LogP contribution is 2.51. The van der Waals surface area contributed by atoms with E-state index in [4.69, 9.17) is 9.97 Å². The molecule has 0 bridgehead atoms. The van der Waals surface area contributed by atoms with Crippen LogP contribution in [0.5, 0.6) is 0 Å². The summed E-state index contributed by atoms with van der Waals surface area (Å²) < 4.78 is 38.1. The van der Waals surface area contributed by atoms with Crippen molar-refractivity contribution in [3.8, 4) is 28.7 Å². The number of nitrogens with zero attached hydrogens (tertiary/aromatic N) is 4. The van der Waals surface area contributed by atoms with E-state index in [-0.39, 0.29) is 35.4 Å². The number of carbonyl (C=O) groups is 1. The molecule has 2 aliphatic rings. The maximum absolute atomic E-state index is 15.1. The van der Waals surface area contributed by atoms with E-state index in [0.29, 0.717) is 46.9 Å². The molecule has 194 valence electrons. The molecule has 1 aromatic carbocycles. The predicted octanol–water partition coefficient (Wildman–Crippen LogP) is 4.42. The van der Waals surface area contributed by atoms with Crippen LogP contribution in [0.15, 0.2) is 54.2 Å². The van der Waals surface area contributed by atoms with Gasteiger partial charge in [0.05, 0.1) is 22.7 Å². The van der Waals surface area contributed by atoms with E-state index < -0.39 is 21.1 Å². The van der Waals surface area contributed by atoms with Gasteiger partial charge in [0, 0.05) is 52.6 Å². The minimum atomic E-state index is -3.12. The number of aryl methyl sites for hydroxylation is 1. The highest BCUT2D eigenvalue weighted by Gasteiger charge is 2.49. The molecule has 0 spiro atoms. The molecule has 3 aromatic rings. The van der Waals surface area contributed by atoms with Crippen LogP contribution in [-0.4, -0.2) is 41.2 Å². The maximum atomic E-state index is 15.1. The molecule has 0 fully saturated rings. The third-order valence-electron chi connectivity index (χ3n) is 7.78. The Kier molecular flexibility index (Phi) is 6.48. The van der Waals surface area contributed by atoms with E-state index in [2.05, 4.69) is 11.1 Å². The number of aromatic nitrogens is 3. The Labute approximate surface area is 221 Å². The topological polar surface area (TPSA) is 114 Å². The van der Waals surface area contributed by atoms with Crippen molar-refractivity contribution in [1.29, 1.82) is 5.26 Å². The first-order valence-electron chi connectivity index (χ1n) is 12.5. The van der Waals surface area contributed by atoms with Crippen molar-refractivity contribution in [2.24, 2.45) is 11.8 Å². The molecular weight excluding hydrogens is 503 g/mol. The van der Waals surface area contributed by atoms with Crippen LogP contribution in [0, 0.1) is 29.0 Å². The van der Waals surface area contributed by atoms with Crippen molar-refractivity contribution in [3.63, 3.8) is 0 Å². The van der Waals surface area contributed by atoms with Crippen molar-refractivity contribution in [2.75, 3.05) is 12.0 Å². The zero-order valence-corrected chi connectivity index (χ0v) is 22.2. The number of rotatable bonds is 5. The second-order valence-electron chi connectivity index (χ2n) is 10.4. The van der Waals surface area contributed by atoms with Crippen LogP contribution in [-0.2, 0) is 32.9 Å². The number of fused-ring (bicyclic) bond motifs is 3. The van der Waals surface area contributed by atoms with Gasteiger partial charge >= 0.3 is 0 Å². The van der Waals surface area contributed by atoms with E-state index in [1.54, 1.807) is 42.6 Å². The normalized spacial score (nSPS) is 22.7. The average Bonchev–Trinajstić information content (AvgIpc) is 2.89. The molecule has 0 amide bonds. The number of benzene rings is 1. The maximum Gasteiger partial charge on any atom is 0.176 e. The highest BCUT2D eigenvalue weighted by atomic mass is 32.2.